The van der Waals surface area contributed by atoms with Gasteiger partial charge in [-0.2, -0.15) is 0 Å². The molecule has 0 radical (unpaired) electrons. The molecule has 1 aromatic carbocycles. The summed E-state index contributed by atoms with van der Waals surface area (Å²) in [7, 11) is 0. The van der Waals surface area contributed by atoms with Gasteiger partial charge in [-0.25, -0.2) is 0 Å². The Labute approximate surface area is 160 Å². The molecule has 0 unspecified atom stereocenters. The maximum absolute atomic E-state index is 5.61. The Bertz CT molecular complexity index is 886. The van der Waals surface area contributed by atoms with Gasteiger partial charge in [-0.3, -0.25) is 4.98 Å². The fraction of sp³-hybridized carbons (Fsp3) is 0.333. The van der Waals surface area contributed by atoms with E-state index in [0.29, 0.717) is 0 Å². The van der Waals surface area contributed by atoms with Crippen LogP contribution in [0, 0.1) is 13.8 Å². The summed E-state index contributed by atoms with van der Waals surface area (Å²) in [6, 6.07) is 10.7. The molecular formula is C21H26N4S. The highest BCUT2D eigenvalue weighted by atomic mass is 32.1. The second-order valence-electron chi connectivity index (χ2n) is 6.64. The molecule has 2 heterocycles. The summed E-state index contributed by atoms with van der Waals surface area (Å²) in [5.41, 5.74) is 6.32. The summed E-state index contributed by atoms with van der Waals surface area (Å²) in [5, 5.41) is 5.41. The van der Waals surface area contributed by atoms with Crippen LogP contribution in [0.5, 0.6) is 0 Å². The number of hydrogen-bond acceptors (Lipinski definition) is 2. The number of hydrogen-bond donors (Lipinski definition) is 2. The minimum absolute atomic E-state index is 0.786. The Hall–Kier alpha value is -2.40. The first-order chi connectivity index (χ1) is 12.6. The quantitative estimate of drug-likeness (QED) is 0.644. The number of benzene rings is 1. The molecular weight excluding hydrogens is 340 g/mol. The molecule has 0 saturated carbocycles. The largest absolute Gasteiger partial charge is 0.363 e. The molecule has 26 heavy (non-hydrogen) atoms. The molecule has 0 amide bonds. The van der Waals surface area contributed by atoms with Gasteiger partial charge in [0.2, 0.25) is 0 Å². The first-order valence-corrected chi connectivity index (χ1v) is 9.48. The van der Waals surface area contributed by atoms with Crippen molar-refractivity contribution in [2.24, 2.45) is 0 Å². The highest BCUT2D eigenvalue weighted by Gasteiger charge is 2.14. The molecule has 136 valence electrons. The lowest BCUT2D eigenvalue weighted by atomic mass is 10.1. The normalized spacial score (nSPS) is 10.9. The van der Waals surface area contributed by atoms with Crippen molar-refractivity contribution in [1.29, 1.82) is 0 Å². The summed E-state index contributed by atoms with van der Waals surface area (Å²) >= 11 is 5.61. The first kappa shape index (κ1) is 18.4. The highest BCUT2D eigenvalue weighted by Crippen LogP contribution is 2.24. The molecule has 3 aromatic rings. The summed E-state index contributed by atoms with van der Waals surface area (Å²) in [4.78, 5) is 9.85. The van der Waals surface area contributed by atoms with Gasteiger partial charge in [0.15, 0.2) is 5.11 Å². The smallest absolute Gasteiger partial charge is 0.169 e. The van der Waals surface area contributed by atoms with E-state index in [4.69, 9.17) is 12.2 Å². The molecule has 3 rings (SSSR count). The Morgan fingerprint density at radius 3 is 2.69 bits per heavy atom. The van der Waals surface area contributed by atoms with Crippen LogP contribution < -0.4 is 5.32 Å². The summed E-state index contributed by atoms with van der Waals surface area (Å²) < 4.78 is 0. The van der Waals surface area contributed by atoms with E-state index in [2.05, 4.69) is 59.2 Å². The average Bonchev–Trinajstić information content (AvgIpc) is 2.94. The van der Waals surface area contributed by atoms with Gasteiger partial charge in [0, 0.05) is 48.6 Å². The van der Waals surface area contributed by atoms with Crippen LogP contribution in [0.25, 0.3) is 10.9 Å². The molecule has 5 heteroatoms. The Morgan fingerprint density at radius 1 is 1.19 bits per heavy atom. The van der Waals surface area contributed by atoms with Crippen LogP contribution in [0.4, 0.5) is 0 Å². The van der Waals surface area contributed by atoms with Gasteiger partial charge in [-0.05, 0) is 74.8 Å². The molecule has 0 fully saturated rings. The Kier molecular flexibility index (Phi) is 5.89. The van der Waals surface area contributed by atoms with E-state index in [0.717, 1.165) is 31.2 Å². The van der Waals surface area contributed by atoms with Crippen LogP contribution in [0.3, 0.4) is 0 Å². The maximum atomic E-state index is 5.61. The molecule has 0 atom stereocenters. The molecule has 2 N–H and O–H groups in total. The van der Waals surface area contributed by atoms with Crippen LogP contribution in [0.15, 0.2) is 42.7 Å². The number of pyridine rings is 1. The fourth-order valence-electron chi connectivity index (χ4n) is 3.29. The lowest BCUT2D eigenvalue weighted by molar-refractivity contribution is 0.410. The molecule has 0 bridgehead atoms. The Balaban J connectivity index is 1.80. The van der Waals surface area contributed by atoms with E-state index < -0.39 is 0 Å². The highest BCUT2D eigenvalue weighted by molar-refractivity contribution is 7.80. The van der Waals surface area contributed by atoms with E-state index in [1.165, 1.54) is 33.3 Å². The van der Waals surface area contributed by atoms with E-state index in [1.807, 2.05) is 24.5 Å². The predicted molar refractivity (Wildman–Crippen MR) is 112 cm³/mol. The van der Waals surface area contributed by atoms with E-state index in [1.54, 1.807) is 0 Å². The molecule has 0 aliphatic rings. The molecule has 0 spiro atoms. The van der Waals surface area contributed by atoms with Crippen LogP contribution in [-0.4, -0.2) is 33.1 Å². The number of nitrogens with zero attached hydrogens (tertiary/aromatic N) is 2. The van der Waals surface area contributed by atoms with Crippen molar-refractivity contribution in [3.05, 3.63) is 65.1 Å². The number of nitrogens with one attached hydrogen (secondary N) is 2. The van der Waals surface area contributed by atoms with E-state index in [-0.39, 0.29) is 0 Å². The van der Waals surface area contributed by atoms with E-state index >= 15 is 0 Å². The third kappa shape index (κ3) is 4.22. The van der Waals surface area contributed by atoms with Crippen molar-refractivity contribution in [2.75, 3.05) is 13.1 Å². The molecule has 2 aromatic heterocycles. The zero-order valence-electron chi connectivity index (χ0n) is 15.7. The van der Waals surface area contributed by atoms with Crippen molar-refractivity contribution in [3.63, 3.8) is 0 Å². The number of aromatic nitrogens is 2. The van der Waals surface area contributed by atoms with Crippen molar-refractivity contribution in [1.82, 2.24) is 20.2 Å². The number of aryl methyl sites for hydroxylation is 2. The van der Waals surface area contributed by atoms with Crippen molar-refractivity contribution >= 4 is 28.2 Å². The number of aromatic amines is 1. The summed E-state index contributed by atoms with van der Waals surface area (Å²) in [6.07, 6.45) is 4.61. The monoisotopic (exact) mass is 366 g/mol. The van der Waals surface area contributed by atoms with E-state index in [9.17, 15) is 0 Å². The van der Waals surface area contributed by atoms with Gasteiger partial charge >= 0.3 is 0 Å². The second kappa shape index (κ2) is 8.32. The van der Waals surface area contributed by atoms with Crippen LogP contribution in [0.1, 0.15) is 29.3 Å². The van der Waals surface area contributed by atoms with Gasteiger partial charge < -0.3 is 15.2 Å². The van der Waals surface area contributed by atoms with Crippen molar-refractivity contribution in [2.45, 2.75) is 33.7 Å². The third-order valence-electron chi connectivity index (χ3n) is 4.64. The minimum atomic E-state index is 0.786. The lowest BCUT2D eigenvalue weighted by Crippen LogP contribution is -2.40. The van der Waals surface area contributed by atoms with Gasteiger partial charge in [-0.15, -0.1) is 0 Å². The Morgan fingerprint density at radius 2 is 1.96 bits per heavy atom. The van der Waals surface area contributed by atoms with Crippen molar-refractivity contribution < 1.29 is 0 Å². The molecule has 4 nitrogen and oxygen atoms in total. The topological polar surface area (TPSA) is 44.0 Å². The minimum Gasteiger partial charge on any atom is -0.363 e. The van der Waals surface area contributed by atoms with Crippen LogP contribution in [0.2, 0.25) is 0 Å². The van der Waals surface area contributed by atoms with Gasteiger partial charge in [0.05, 0.1) is 0 Å². The summed E-state index contributed by atoms with van der Waals surface area (Å²) in [5.74, 6) is 0. The molecule has 0 aliphatic carbocycles. The van der Waals surface area contributed by atoms with Gasteiger partial charge in [0.25, 0.3) is 0 Å². The first-order valence-electron chi connectivity index (χ1n) is 9.08. The number of rotatable bonds is 6. The molecule has 0 saturated heterocycles. The maximum Gasteiger partial charge on any atom is 0.169 e. The predicted octanol–water partition coefficient (Wildman–Crippen LogP) is 4.12. The number of fused-ring (bicyclic) bond motifs is 1. The third-order valence-corrected chi connectivity index (χ3v) is 5.05. The second-order valence-corrected chi connectivity index (χ2v) is 7.03. The van der Waals surface area contributed by atoms with Gasteiger partial charge in [0.1, 0.15) is 0 Å². The van der Waals surface area contributed by atoms with Crippen LogP contribution >= 0.6 is 12.2 Å². The summed E-state index contributed by atoms with van der Waals surface area (Å²) in [6.45, 7) is 8.85. The lowest BCUT2D eigenvalue weighted by Gasteiger charge is -2.26. The molecule has 0 aliphatic heterocycles. The zero-order chi connectivity index (χ0) is 18.5. The standard InChI is InChI=1S/C21H26N4S/c1-4-23-21(26)25(14-17-7-10-22-11-8-17)12-9-18-16(3)24-20-6-5-15(2)13-19(18)20/h5-8,10-11,13,24H,4,9,12,14H2,1-3H3,(H,23,26). The van der Waals surface area contributed by atoms with Crippen molar-refractivity contribution in [3.8, 4) is 0 Å². The average molecular weight is 367 g/mol. The number of H-pyrrole nitrogens is 1. The fourth-order valence-corrected chi connectivity index (χ4v) is 3.59. The van der Waals surface area contributed by atoms with Gasteiger partial charge in [-0.1, -0.05) is 11.6 Å². The SMILES string of the molecule is CCNC(=S)N(CCc1c(C)[nH]c2ccc(C)cc12)Cc1ccncc1. The van der Waals surface area contributed by atoms with Crippen LogP contribution in [-0.2, 0) is 13.0 Å². The number of thiocarbonyl (C=S) groups is 1. The zero-order valence-corrected chi connectivity index (χ0v) is 16.5.